The van der Waals surface area contributed by atoms with E-state index >= 15 is 0 Å². The fraction of sp³-hybridized carbons (Fsp3) is 0.238. The maximum atomic E-state index is 10.3. The van der Waals surface area contributed by atoms with Gasteiger partial charge in [-0.1, -0.05) is 12.1 Å². The van der Waals surface area contributed by atoms with Crippen molar-refractivity contribution in [3.05, 3.63) is 53.7 Å². The van der Waals surface area contributed by atoms with Gasteiger partial charge in [0.05, 0.1) is 21.5 Å². The predicted octanol–water partition coefficient (Wildman–Crippen LogP) is 4.42. The van der Waals surface area contributed by atoms with Crippen LogP contribution in [0.2, 0.25) is 0 Å². The van der Waals surface area contributed by atoms with Crippen molar-refractivity contribution < 1.29 is 5.11 Å². The molecule has 6 nitrogen and oxygen atoms in total. The summed E-state index contributed by atoms with van der Waals surface area (Å²) in [6.07, 6.45) is 5.70. The highest BCUT2D eigenvalue weighted by atomic mass is 32.1. The van der Waals surface area contributed by atoms with Crippen molar-refractivity contribution in [3.8, 4) is 5.82 Å². The summed E-state index contributed by atoms with van der Waals surface area (Å²) in [4.78, 5) is 9.97. The molecule has 0 saturated carbocycles. The highest BCUT2D eigenvalue weighted by Crippen LogP contribution is 2.36. The fourth-order valence-corrected chi connectivity index (χ4v) is 4.63. The zero-order valence-electron chi connectivity index (χ0n) is 16.1. The maximum absolute atomic E-state index is 10.3. The summed E-state index contributed by atoms with van der Waals surface area (Å²) in [5.41, 5.74) is 2.94. The van der Waals surface area contributed by atoms with Gasteiger partial charge in [0.2, 0.25) is 0 Å². The number of hydrogen-bond acceptors (Lipinski definition) is 6. The lowest BCUT2D eigenvalue weighted by molar-refractivity contribution is 0.0787. The molecule has 0 aliphatic carbocycles. The summed E-state index contributed by atoms with van der Waals surface area (Å²) in [5, 5.41) is 22.1. The van der Waals surface area contributed by atoms with Gasteiger partial charge in [0.15, 0.2) is 5.82 Å². The van der Waals surface area contributed by atoms with Crippen molar-refractivity contribution in [3.63, 3.8) is 0 Å². The predicted molar refractivity (Wildman–Crippen MR) is 112 cm³/mol. The van der Waals surface area contributed by atoms with Crippen LogP contribution in [0.5, 0.6) is 0 Å². The van der Waals surface area contributed by atoms with E-state index in [9.17, 15) is 5.11 Å². The Morgan fingerprint density at radius 1 is 1.04 bits per heavy atom. The van der Waals surface area contributed by atoms with E-state index in [1.54, 1.807) is 31.5 Å². The molecule has 1 N–H and O–H groups in total. The molecule has 4 heterocycles. The second-order valence-corrected chi connectivity index (χ2v) is 8.63. The van der Waals surface area contributed by atoms with E-state index < -0.39 is 5.60 Å². The molecule has 0 unspecified atom stereocenters. The lowest BCUT2D eigenvalue weighted by Gasteiger charge is -2.17. The number of fused-ring (bicyclic) bond motifs is 4. The Hall–Kier alpha value is -2.90. The van der Waals surface area contributed by atoms with Gasteiger partial charge in [-0.05, 0) is 50.3 Å². The first-order valence-corrected chi connectivity index (χ1v) is 9.86. The number of benzene rings is 1. The highest BCUT2D eigenvalue weighted by molar-refractivity contribution is 7.25. The summed E-state index contributed by atoms with van der Waals surface area (Å²) in [6, 6.07) is 6.01. The number of aryl methyl sites for hydroxylation is 2. The molecule has 4 aromatic heterocycles. The number of thiophene rings is 1. The van der Waals surface area contributed by atoms with Crippen molar-refractivity contribution in [2.24, 2.45) is 0 Å². The minimum Gasteiger partial charge on any atom is -0.386 e. The van der Waals surface area contributed by atoms with Crippen LogP contribution in [-0.2, 0) is 5.60 Å². The normalized spacial score (nSPS) is 12.5. The monoisotopic (exact) mass is 389 g/mol. The number of hydrogen-bond donors (Lipinski definition) is 1. The molecule has 1 aromatic carbocycles. The van der Waals surface area contributed by atoms with Crippen LogP contribution < -0.4 is 0 Å². The Bertz CT molecular complexity index is 1380. The summed E-state index contributed by atoms with van der Waals surface area (Å²) in [6.45, 7) is 7.61. The number of rotatable bonds is 2. The summed E-state index contributed by atoms with van der Waals surface area (Å²) in [5.74, 6) is 0.825. The zero-order valence-corrected chi connectivity index (χ0v) is 16.9. The standard InChI is InChI=1S/C21H19N5OS/c1-11-12(2)24-25-20-16(11)17-18(28-20)19(23-10-22-17)26-8-13-5-6-15(21(3,4)27)7-14(13)9-26/h5-10,27H,1-4H3. The number of aromatic nitrogens is 5. The van der Waals surface area contributed by atoms with Gasteiger partial charge < -0.3 is 9.67 Å². The van der Waals surface area contributed by atoms with E-state index in [-0.39, 0.29) is 0 Å². The topological polar surface area (TPSA) is 76.7 Å². The molecular weight excluding hydrogens is 370 g/mol. The molecule has 28 heavy (non-hydrogen) atoms. The number of nitrogens with zero attached hydrogens (tertiary/aromatic N) is 5. The molecule has 0 saturated heterocycles. The molecule has 0 bridgehead atoms. The first-order chi connectivity index (χ1) is 13.3. The Morgan fingerprint density at radius 2 is 1.82 bits per heavy atom. The minimum atomic E-state index is -0.877. The molecule has 0 radical (unpaired) electrons. The van der Waals surface area contributed by atoms with Crippen molar-refractivity contribution in [2.45, 2.75) is 33.3 Å². The lowest BCUT2D eigenvalue weighted by Crippen LogP contribution is -2.14. The minimum absolute atomic E-state index is 0.825. The van der Waals surface area contributed by atoms with E-state index in [4.69, 9.17) is 0 Å². The second-order valence-electron chi connectivity index (χ2n) is 7.64. The van der Waals surface area contributed by atoms with Crippen LogP contribution in [-0.4, -0.2) is 29.8 Å². The Balaban J connectivity index is 1.76. The smallest absolute Gasteiger partial charge is 0.158 e. The quantitative estimate of drug-likeness (QED) is 0.483. The van der Waals surface area contributed by atoms with Crippen LogP contribution in [0.1, 0.15) is 30.7 Å². The van der Waals surface area contributed by atoms with E-state index in [0.29, 0.717) is 0 Å². The summed E-state index contributed by atoms with van der Waals surface area (Å²) < 4.78 is 3.01. The first-order valence-electron chi connectivity index (χ1n) is 9.05. The molecule has 5 rings (SSSR count). The molecule has 0 spiro atoms. The SMILES string of the molecule is Cc1nnc2sc3c(-n4cc5ccc(C(C)(C)O)cc5c4)ncnc3c2c1C. The van der Waals surface area contributed by atoms with Gasteiger partial charge in [-0.3, -0.25) is 0 Å². The molecule has 140 valence electrons. The van der Waals surface area contributed by atoms with Crippen LogP contribution in [0.25, 0.3) is 37.0 Å². The molecule has 0 fully saturated rings. The lowest BCUT2D eigenvalue weighted by atomic mass is 9.97. The third-order valence-corrected chi connectivity index (χ3v) is 6.30. The van der Waals surface area contributed by atoms with E-state index in [1.807, 2.05) is 35.9 Å². The molecule has 0 aliphatic heterocycles. The van der Waals surface area contributed by atoms with Crippen molar-refractivity contribution >= 4 is 42.5 Å². The van der Waals surface area contributed by atoms with E-state index in [0.717, 1.165) is 53.8 Å². The largest absolute Gasteiger partial charge is 0.386 e. The molecule has 7 heteroatoms. The van der Waals surface area contributed by atoms with Crippen LogP contribution in [0, 0.1) is 13.8 Å². The van der Waals surface area contributed by atoms with Crippen molar-refractivity contribution in [1.82, 2.24) is 24.7 Å². The van der Waals surface area contributed by atoms with Crippen LogP contribution in [0.3, 0.4) is 0 Å². The zero-order chi connectivity index (χ0) is 19.6. The molecule has 0 amide bonds. The van der Waals surface area contributed by atoms with Crippen molar-refractivity contribution in [1.29, 1.82) is 0 Å². The van der Waals surface area contributed by atoms with Gasteiger partial charge in [0.25, 0.3) is 0 Å². The molecule has 5 aromatic rings. The number of aliphatic hydroxyl groups is 1. The highest BCUT2D eigenvalue weighted by Gasteiger charge is 2.19. The Morgan fingerprint density at radius 3 is 2.61 bits per heavy atom. The maximum Gasteiger partial charge on any atom is 0.158 e. The fourth-order valence-electron chi connectivity index (χ4n) is 3.50. The van der Waals surface area contributed by atoms with E-state index in [2.05, 4.69) is 33.3 Å². The second kappa shape index (κ2) is 5.80. The van der Waals surface area contributed by atoms with Gasteiger partial charge in [0.1, 0.15) is 11.2 Å². The Labute approximate surface area is 165 Å². The van der Waals surface area contributed by atoms with Crippen LogP contribution in [0.15, 0.2) is 36.9 Å². The van der Waals surface area contributed by atoms with E-state index in [1.165, 1.54) is 0 Å². The molecular formula is C21H19N5OS. The van der Waals surface area contributed by atoms with Crippen LogP contribution >= 0.6 is 11.3 Å². The van der Waals surface area contributed by atoms with Gasteiger partial charge in [-0.2, -0.15) is 5.10 Å². The molecule has 0 aliphatic rings. The first kappa shape index (κ1) is 17.2. The average Bonchev–Trinajstić information content (AvgIpc) is 3.24. The van der Waals surface area contributed by atoms with Crippen molar-refractivity contribution in [2.75, 3.05) is 0 Å². The third-order valence-electron chi connectivity index (χ3n) is 5.24. The van der Waals surface area contributed by atoms with Gasteiger partial charge in [-0.25, -0.2) is 9.97 Å². The summed E-state index contributed by atoms with van der Waals surface area (Å²) >= 11 is 1.56. The third kappa shape index (κ3) is 2.51. The Kier molecular flexibility index (Phi) is 3.56. The van der Waals surface area contributed by atoms with Gasteiger partial charge >= 0.3 is 0 Å². The molecule has 0 atom stereocenters. The average molecular weight is 389 g/mol. The summed E-state index contributed by atoms with van der Waals surface area (Å²) in [7, 11) is 0. The van der Waals surface area contributed by atoms with Gasteiger partial charge in [-0.15, -0.1) is 16.4 Å². The van der Waals surface area contributed by atoms with Crippen LogP contribution in [0.4, 0.5) is 0 Å². The van der Waals surface area contributed by atoms with Gasteiger partial charge in [0, 0.05) is 23.2 Å².